The molecule has 1 aromatic heterocycles. The molecule has 3 aliphatic rings. The van der Waals surface area contributed by atoms with Crippen molar-refractivity contribution in [1.82, 2.24) is 9.55 Å². The third-order valence-corrected chi connectivity index (χ3v) is 6.08. The van der Waals surface area contributed by atoms with Crippen LogP contribution in [-0.4, -0.2) is 36.9 Å². The Balaban J connectivity index is 1.48. The van der Waals surface area contributed by atoms with Crippen LogP contribution in [0.1, 0.15) is 48.0 Å². The molecule has 2 aliphatic heterocycles. The maximum atomic E-state index is 5.68. The van der Waals surface area contributed by atoms with Crippen molar-refractivity contribution in [3.63, 3.8) is 0 Å². The van der Waals surface area contributed by atoms with E-state index in [2.05, 4.69) is 53.2 Å². The molecule has 3 heterocycles. The molecule has 5 nitrogen and oxygen atoms in total. The summed E-state index contributed by atoms with van der Waals surface area (Å²) in [5, 5.41) is 0. The van der Waals surface area contributed by atoms with E-state index < -0.39 is 0 Å². The lowest BCUT2D eigenvalue weighted by atomic mass is 10.0. The molecule has 2 aromatic rings. The fourth-order valence-electron chi connectivity index (χ4n) is 4.32. The average molecular weight is 350 g/mol. The summed E-state index contributed by atoms with van der Waals surface area (Å²) in [6, 6.07) is 6.72. The second kappa shape index (κ2) is 5.88. The number of aromatic nitrogens is 2. The lowest BCUT2D eigenvalue weighted by molar-refractivity contribution is 0.193. The van der Waals surface area contributed by atoms with Gasteiger partial charge in [-0.3, -0.25) is 0 Å². The van der Waals surface area contributed by atoms with E-state index >= 15 is 0 Å². The van der Waals surface area contributed by atoms with Crippen LogP contribution < -0.4 is 9.80 Å². The minimum Gasteiger partial charge on any atom is -0.381 e. The first kappa shape index (κ1) is 15.9. The Kier molecular flexibility index (Phi) is 3.60. The van der Waals surface area contributed by atoms with Crippen LogP contribution in [0.2, 0.25) is 0 Å². The third-order valence-electron chi connectivity index (χ3n) is 6.08. The summed E-state index contributed by atoms with van der Waals surface area (Å²) in [5.41, 5.74) is 6.49. The van der Waals surface area contributed by atoms with Crippen LogP contribution in [0.3, 0.4) is 0 Å². The van der Waals surface area contributed by atoms with Crippen molar-refractivity contribution in [2.45, 2.75) is 37.6 Å². The second-order valence-electron chi connectivity index (χ2n) is 7.84. The summed E-state index contributed by atoms with van der Waals surface area (Å²) in [5.74, 6) is 2.19. The van der Waals surface area contributed by atoms with E-state index in [9.17, 15) is 0 Å². The Morgan fingerprint density at radius 1 is 1.12 bits per heavy atom. The quantitative estimate of drug-likeness (QED) is 0.842. The van der Waals surface area contributed by atoms with Gasteiger partial charge in [0.15, 0.2) is 0 Å². The lowest BCUT2D eigenvalue weighted by Crippen LogP contribution is -2.20. The van der Waals surface area contributed by atoms with Gasteiger partial charge in [0.05, 0.1) is 30.0 Å². The zero-order valence-electron chi connectivity index (χ0n) is 15.6. The average Bonchev–Trinajstić information content (AvgIpc) is 3.11. The highest BCUT2D eigenvalue weighted by molar-refractivity contribution is 5.82. The fourth-order valence-corrected chi connectivity index (χ4v) is 4.32. The molecule has 0 bridgehead atoms. The van der Waals surface area contributed by atoms with Crippen molar-refractivity contribution in [1.29, 1.82) is 0 Å². The van der Waals surface area contributed by atoms with Gasteiger partial charge >= 0.3 is 0 Å². The molecule has 0 radical (unpaired) electrons. The van der Waals surface area contributed by atoms with Gasteiger partial charge in [-0.1, -0.05) is 12.6 Å². The van der Waals surface area contributed by atoms with E-state index in [1.165, 1.54) is 41.2 Å². The topological polar surface area (TPSA) is 33.5 Å². The lowest BCUT2D eigenvalue weighted by Gasteiger charge is -2.16. The molecule has 1 aliphatic carbocycles. The minimum atomic E-state index is 0.496. The van der Waals surface area contributed by atoms with Crippen LogP contribution in [0.4, 0.5) is 11.4 Å². The van der Waals surface area contributed by atoms with Crippen molar-refractivity contribution < 1.29 is 4.74 Å². The molecule has 1 aromatic carbocycles. The van der Waals surface area contributed by atoms with Crippen molar-refractivity contribution in [3.05, 3.63) is 53.9 Å². The molecule has 0 amide bonds. The van der Waals surface area contributed by atoms with Gasteiger partial charge in [0, 0.05) is 44.8 Å². The Morgan fingerprint density at radius 3 is 2.65 bits per heavy atom. The molecule has 1 atom stereocenters. The highest BCUT2D eigenvalue weighted by atomic mass is 16.5. The monoisotopic (exact) mass is 350 g/mol. The first-order chi connectivity index (χ1) is 12.6. The molecule has 5 rings (SSSR count). The van der Waals surface area contributed by atoms with Gasteiger partial charge in [-0.25, -0.2) is 4.98 Å². The van der Waals surface area contributed by atoms with Crippen LogP contribution >= 0.6 is 0 Å². The molecule has 1 saturated heterocycles. The Morgan fingerprint density at radius 2 is 1.92 bits per heavy atom. The molecule has 0 N–H and O–H groups in total. The van der Waals surface area contributed by atoms with Gasteiger partial charge in [0.1, 0.15) is 5.82 Å². The Labute approximate surface area is 154 Å². The summed E-state index contributed by atoms with van der Waals surface area (Å²) in [6.45, 7) is 6.74. The van der Waals surface area contributed by atoms with E-state index in [4.69, 9.17) is 9.72 Å². The molecule has 1 saturated carbocycles. The normalized spacial score (nSPS) is 22.4. The molecule has 1 unspecified atom stereocenters. The Hall–Kier alpha value is -2.27. The smallest absolute Gasteiger partial charge is 0.105 e. The van der Waals surface area contributed by atoms with Gasteiger partial charge in [0.2, 0.25) is 0 Å². The van der Waals surface area contributed by atoms with Crippen molar-refractivity contribution in [2.24, 2.45) is 0 Å². The fraction of sp³-hybridized carbons (Fsp3) is 0.476. The zero-order valence-corrected chi connectivity index (χ0v) is 15.6. The number of hydrogen-bond acceptors (Lipinski definition) is 4. The summed E-state index contributed by atoms with van der Waals surface area (Å²) < 4.78 is 8.04. The second-order valence-corrected chi connectivity index (χ2v) is 7.84. The van der Waals surface area contributed by atoms with E-state index in [1.807, 2.05) is 6.33 Å². The van der Waals surface area contributed by atoms with Gasteiger partial charge in [-0.15, -0.1) is 0 Å². The highest BCUT2D eigenvalue weighted by Gasteiger charge is 2.34. The first-order valence-electron chi connectivity index (χ1n) is 9.55. The van der Waals surface area contributed by atoms with E-state index in [0.717, 1.165) is 32.0 Å². The number of ether oxygens (including phenoxy) is 1. The summed E-state index contributed by atoms with van der Waals surface area (Å²) >= 11 is 0. The van der Waals surface area contributed by atoms with Crippen LogP contribution in [0.25, 0.3) is 0 Å². The van der Waals surface area contributed by atoms with Crippen molar-refractivity contribution in [3.8, 4) is 0 Å². The molecule has 0 spiro atoms. The molecule has 2 fully saturated rings. The predicted octanol–water partition coefficient (Wildman–Crippen LogP) is 3.67. The standard InChI is InChI=1S/C21H26N4O/c1-14-23(2)18-7-4-15(10-19(18)24(14)3)11-25-13-22-20(16-5-6-16)21(25)17-8-9-26-12-17/h4,7,10,13,16-17H,1,5-6,8-9,11-12H2,2-3H3. The van der Waals surface area contributed by atoms with Gasteiger partial charge in [-0.2, -0.15) is 0 Å². The summed E-state index contributed by atoms with van der Waals surface area (Å²) in [4.78, 5) is 9.11. The zero-order chi connectivity index (χ0) is 17.8. The van der Waals surface area contributed by atoms with Gasteiger partial charge in [0.25, 0.3) is 0 Å². The summed E-state index contributed by atoms with van der Waals surface area (Å²) in [7, 11) is 4.15. The van der Waals surface area contributed by atoms with Crippen LogP contribution in [0.15, 0.2) is 36.9 Å². The van der Waals surface area contributed by atoms with Crippen LogP contribution in [-0.2, 0) is 11.3 Å². The maximum absolute atomic E-state index is 5.68. The van der Waals surface area contributed by atoms with Crippen LogP contribution in [0, 0.1) is 0 Å². The molecular formula is C21H26N4O. The van der Waals surface area contributed by atoms with Crippen molar-refractivity contribution >= 4 is 11.4 Å². The number of anilines is 2. The molecular weight excluding hydrogens is 324 g/mol. The first-order valence-corrected chi connectivity index (χ1v) is 9.55. The number of rotatable bonds is 4. The Bertz CT molecular complexity index is 861. The number of nitrogens with zero attached hydrogens (tertiary/aromatic N) is 4. The highest BCUT2D eigenvalue weighted by Crippen LogP contribution is 2.44. The third kappa shape index (κ3) is 2.45. The number of hydrogen-bond donors (Lipinski definition) is 0. The van der Waals surface area contributed by atoms with E-state index in [1.54, 1.807) is 0 Å². The van der Waals surface area contributed by atoms with E-state index in [0.29, 0.717) is 11.8 Å². The van der Waals surface area contributed by atoms with Crippen LogP contribution in [0.5, 0.6) is 0 Å². The molecule has 5 heteroatoms. The SMILES string of the molecule is C=C1N(C)c2ccc(Cn3cnc(C4CC4)c3C3CCOC3)cc2N1C. The van der Waals surface area contributed by atoms with Crippen molar-refractivity contribution in [2.75, 3.05) is 37.1 Å². The largest absolute Gasteiger partial charge is 0.381 e. The van der Waals surface area contributed by atoms with Gasteiger partial charge in [-0.05, 0) is 37.0 Å². The van der Waals surface area contributed by atoms with E-state index in [-0.39, 0.29) is 0 Å². The minimum absolute atomic E-state index is 0.496. The maximum Gasteiger partial charge on any atom is 0.105 e. The summed E-state index contributed by atoms with van der Waals surface area (Å²) in [6.07, 6.45) is 5.73. The molecule has 26 heavy (non-hydrogen) atoms. The number of benzene rings is 1. The van der Waals surface area contributed by atoms with Gasteiger partial charge < -0.3 is 19.1 Å². The molecule has 136 valence electrons. The number of fused-ring (bicyclic) bond motifs is 1. The predicted molar refractivity (Wildman–Crippen MR) is 104 cm³/mol. The number of imidazole rings is 1.